The quantitative estimate of drug-likeness (QED) is 0.366. The van der Waals surface area contributed by atoms with E-state index in [4.69, 9.17) is 4.74 Å². The fourth-order valence-corrected chi connectivity index (χ4v) is 1.38. The molecule has 0 radical (unpaired) electrons. The Kier molecular flexibility index (Phi) is 5.82. The molecule has 4 heteroatoms. The van der Waals surface area contributed by atoms with Gasteiger partial charge < -0.3 is 9.53 Å². The van der Waals surface area contributed by atoms with Crippen LogP contribution in [-0.4, -0.2) is 24.6 Å². The molecule has 0 aromatic rings. The number of hydrogen-bond donors (Lipinski definition) is 0. The summed E-state index contributed by atoms with van der Waals surface area (Å²) in [5.41, 5.74) is -1.16. The number of aldehydes is 1. The summed E-state index contributed by atoms with van der Waals surface area (Å²) in [5, 5.41) is 0. The van der Waals surface area contributed by atoms with Crippen molar-refractivity contribution >= 4 is 18.0 Å². The molecule has 1 unspecified atom stereocenters. The van der Waals surface area contributed by atoms with Crippen LogP contribution in [0.3, 0.4) is 0 Å². The van der Waals surface area contributed by atoms with Gasteiger partial charge >= 0.3 is 5.97 Å². The molecular weight excluding hydrogens is 196 g/mol. The second-order valence-corrected chi connectivity index (χ2v) is 3.53. The van der Waals surface area contributed by atoms with Crippen molar-refractivity contribution in [3.63, 3.8) is 0 Å². The van der Waals surface area contributed by atoms with E-state index in [-0.39, 0.29) is 31.7 Å². The number of carbonyl (C=O) groups is 3. The van der Waals surface area contributed by atoms with Crippen molar-refractivity contribution in [1.29, 1.82) is 0 Å². The van der Waals surface area contributed by atoms with Gasteiger partial charge in [-0.1, -0.05) is 6.92 Å². The molecule has 4 nitrogen and oxygen atoms in total. The first-order valence-corrected chi connectivity index (χ1v) is 5.17. The second kappa shape index (κ2) is 6.32. The number of esters is 1. The van der Waals surface area contributed by atoms with E-state index in [9.17, 15) is 14.4 Å². The van der Waals surface area contributed by atoms with E-state index in [1.807, 2.05) is 0 Å². The Morgan fingerprint density at radius 2 is 1.93 bits per heavy atom. The van der Waals surface area contributed by atoms with Crippen LogP contribution in [0, 0.1) is 5.41 Å². The van der Waals surface area contributed by atoms with Gasteiger partial charge in [0.15, 0.2) is 0 Å². The molecule has 0 aliphatic heterocycles. The molecule has 0 fully saturated rings. The van der Waals surface area contributed by atoms with Gasteiger partial charge in [0.25, 0.3) is 0 Å². The molecule has 0 spiro atoms. The van der Waals surface area contributed by atoms with Gasteiger partial charge in [0, 0.05) is 12.8 Å². The number of ether oxygens (including phenoxy) is 1. The van der Waals surface area contributed by atoms with Gasteiger partial charge in [-0.2, -0.15) is 0 Å². The summed E-state index contributed by atoms with van der Waals surface area (Å²) in [6.07, 6.45) is 1.40. The van der Waals surface area contributed by atoms with Crippen LogP contribution >= 0.6 is 0 Å². The molecule has 0 amide bonds. The SMILES string of the molecule is CCOC(=O)C(C)(CCC=O)C(=O)CC. The highest BCUT2D eigenvalue weighted by atomic mass is 16.5. The van der Waals surface area contributed by atoms with E-state index in [2.05, 4.69) is 0 Å². The third kappa shape index (κ3) is 3.46. The van der Waals surface area contributed by atoms with E-state index < -0.39 is 11.4 Å². The lowest BCUT2D eigenvalue weighted by atomic mass is 9.80. The maximum absolute atomic E-state index is 11.6. The van der Waals surface area contributed by atoms with Gasteiger partial charge in [-0.15, -0.1) is 0 Å². The maximum Gasteiger partial charge on any atom is 0.319 e. The molecule has 0 aliphatic rings. The second-order valence-electron chi connectivity index (χ2n) is 3.53. The Hall–Kier alpha value is -1.19. The molecule has 0 N–H and O–H groups in total. The molecule has 86 valence electrons. The summed E-state index contributed by atoms with van der Waals surface area (Å²) in [7, 11) is 0. The van der Waals surface area contributed by atoms with E-state index >= 15 is 0 Å². The highest BCUT2D eigenvalue weighted by Crippen LogP contribution is 2.27. The van der Waals surface area contributed by atoms with Gasteiger partial charge in [-0.05, 0) is 20.3 Å². The van der Waals surface area contributed by atoms with Gasteiger partial charge in [0.1, 0.15) is 17.5 Å². The summed E-state index contributed by atoms with van der Waals surface area (Å²) in [4.78, 5) is 33.5. The summed E-state index contributed by atoms with van der Waals surface area (Å²) >= 11 is 0. The minimum atomic E-state index is -1.16. The van der Waals surface area contributed by atoms with Crippen molar-refractivity contribution in [2.24, 2.45) is 5.41 Å². The zero-order chi connectivity index (χ0) is 11.9. The van der Waals surface area contributed by atoms with Gasteiger partial charge in [-0.25, -0.2) is 0 Å². The highest BCUT2D eigenvalue weighted by molar-refractivity contribution is 6.03. The lowest BCUT2D eigenvalue weighted by Crippen LogP contribution is -2.37. The van der Waals surface area contributed by atoms with Crippen molar-refractivity contribution in [3.05, 3.63) is 0 Å². The van der Waals surface area contributed by atoms with Crippen LogP contribution in [0.15, 0.2) is 0 Å². The Morgan fingerprint density at radius 3 is 2.33 bits per heavy atom. The number of hydrogen-bond acceptors (Lipinski definition) is 4. The van der Waals surface area contributed by atoms with Crippen LogP contribution in [0.1, 0.15) is 40.0 Å². The Labute approximate surface area is 90.0 Å². The predicted molar refractivity (Wildman–Crippen MR) is 55.3 cm³/mol. The Bertz CT molecular complexity index is 247. The van der Waals surface area contributed by atoms with Crippen LogP contribution in [0.2, 0.25) is 0 Å². The number of Topliss-reactive ketones (excluding diaryl/α,β-unsaturated/α-hetero) is 1. The summed E-state index contributed by atoms with van der Waals surface area (Å²) < 4.78 is 4.85. The Balaban J connectivity index is 4.74. The lowest BCUT2D eigenvalue weighted by molar-refractivity contribution is -0.159. The first-order valence-electron chi connectivity index (χ1n) is 5.17. The van der Waals surface area contributed by atoms with Gasteiger partial charge in [0.2, 0.25) is 0 Å². The molecule has 0 aromatic heterocycles. The largest absolute Gasteiger partial charge is 0.465 e. The van der Waals surface area contributed by atoms with E-state index in [1.165, 1.54) is 0 Å². The standard InChI is InChI=1S/C11H18O4/c1-4-9(13)11(3,7-6-8-12)10(14)15-5-2/h8H,4-7H2,1-3H3. The van der Waals surface area contributed by atoms with E-state index in [1.54, 1.807) is 20.8 Å². The molecule has 0 aromatic carbocycles. The maximum atomic E-state index is 11.6. The number of rotatable bonds is 7. The van der Waals surface area contributed by atoms with Crippen LogP contribution in [0.5, 0.6) is 0 Å². The normalized spacial score (nSPS) is 14.1. The van der Waals surface area contributed by atoms with Crippen molar-refractivity contribution in [2.45, 2.75) is 40.0 Å². The monoisotopic (exact) mass is 214 g/mol. The van der Waals surface area contributed by atoms with E-state index in [0.717, 1.165) is 0 Å². The zero-order valence-corrected chi connectivity index (χ0v) is 9.54. The summed E-state index contributed by atoms with van der Waals surface area (Å²) in [5.74, 6) is -0.707. The summed E-state index contributed by atoms with van der Waals surface area (Å²) in [6, 6.07) is 0. The Morgan fingerprint density at radius 1 is 1.33 bits per heavy atom. The van der Waals surface area contributed by atoms with Crippen LogP contribution in [0.25, 0.3) is 0 Å². The molecule has 0 aliphatic carbocycles. The number of ketones is 1. The van der Waals surface area contributed by atoms with Crippen LogP contribution < -0.4 is 0 Å². The van der Waals surface area contributed by atoms with Crippen LogP contribution in [0.4, 0.5) is 0 Å². The third-order valence-corrected chi connectivity index (χ3v) is 2.42. The van der Waals surface area contributed by atoms with Crippen molar-refractivity contribution in [2.75, 3.05) is 6.61 Å². The number of carbonyl (C=O) groups excluding carboxylic acids is 3. The minimum absolute atomic E-state index is 0.178. The first-order chi connectivity index (χ1) is 7.02. The molecule has 15 heavy (non-hydrogen) atoms. The van der Waals surface area contributed by atoms with Gasteiger partial charge in [0.05, 0.1) is 6.61 Å². The molecule has 0 bridgehead atoms. The molecular formula is C11H18O4. The minimum Gasteiger partial charge on any atom is -0.465 e. The zero-order valence-electron chi connectivity index (χ0n) is 9.54. The van der Waals surface area contributed by atoms with Crippen molar-refractivity contribution < 1.29 is 19.1 Å². The predicted octanol–water partition coefficient (Wildman–Crippen LogP) is 1.51. The van der Waals surface area contributed by atoms with Gasteiger partial charge in [-0.3, -0.25) is 9.59 Å². The average molecular weight is 214 g/mol. The molecule has 0 rings (SSSR count). The van der Waals surface area contributed by atoms with Crippen LogP contribution in [-0.2, 0) is 19.1 Å². The highest BCUT2D eigenvalue weighted by Gasteiger charge is 2.40. The van der Waals surface area contributed by atoms with Crippen molar-refractivity contribution in [1.82, 2.24) is 0 Å². The molecule has 0 saturated carbocycles. The van der Waals surface area contributed by atoms with Crippen molar-refractivity contribution in [3.8, 4) is 0 Å². The lowest BCUT2D eigenvalue weighted by Gasteiger charge is -2.24. The average Bonchev–Trinajstić information content (AvgIpc) is 2.24. The summed E-state index contributed by atoms with van der Waals surface area (Å²) in [6.45, 7) is 5.17. The fourth-order valence-electron chi connectivity index (χ4n) is 1.38. The fraction of sp³-hybridized carbons (Fsp3) is 0.727. The molecule has 1 atom stereocenters. The topological polar surface area (TPSA) is 60.4 Å². The molecule has 0 heterocycles. The third-order valence-electron chi connectivity index (χ3n) is 2.42. The first kappa shape index (κ1) is 13.8. The van der Waals surface area contributed by atoms with E-state index in [0.29, 0.717) is 6.29 Å². The molecule has 0 saturated heterocycles. The smallest absolute Gasteiger partial charge is 0.319 e.